The molecule has 1 unspecified atom stereocenters. The fraction of sp³-hybridized carbons (Fsp3) is 0.600. The van der Waals surface area contributed by atoms with Gasteiger partial charge in [0, 0.05) is 21.9 Å². The second-order valence-electron chi connectivity index (χ2n) is 3.84. The highest BCUT2D eigenvalue weighted by atomic mass is 79.9. The van der Waals surface area contributed by atoms with E-state index in [2.05, 4.69) is 34.2 Å². The number of rotatable bonds is 4. The Morgan fingerprint density at radius 3 is 2.93 bits per heavy atom. The predicted molar refractivity (Wildman–Crippen MR) is 66.1 cm³/mol. The van der Waals surface area contributed by atoms with Gasteiger partial charge in [-0.25, -0.2) is 0 Å². The fourth-order valence-corrected chi connectivity index (χ4v) is 3.24. The summed E-state index contributed by atoms with van der Waals surface area (Å²) in [6, 6.07) is 2.74. The van der Waals surface area contributed by atoms with Crippen molar-refractivity contribution in [1.82, 2.24) is 5.32 Å². The highest BCUT2D eigenvalue weighted by molar-refractivity contribution is 9.10. The number of thiophene rings is 1. The first-order valence-corrected chi connectivity index (χ1v) is 6.82. The van der Waals surface area contributed by atoms with Gasteiger partial charge in [-0.15, -0.1) is 11.3 Å². The lowest BCUT2D eigenvalue weighted by atomic mass is 10.2. The van der Waals surface area contributed by atoms with Crippen LogP contribution in [0.25, 0.3) is 0 Å². The highest BCUT2D eigenvalue weighted by Gasteiger charge is 2.27. The van der Waals surface area contributed by atoms with E-state index < -0.39 is 0 Å². The molecule has 0 aliphatic heterocycles. The molecule has 2 rings (SSSR count). The first kappa shape index (κ1) is 10.9. The van der Waals surface area contributed by atoms with Crippen molar-refractivity contribution >= 4 is 38.9 Å². The van der Waals surface area contributed by atoms with Crippen molar-refractivity contribution < 1.29 is 0 Å². The minimum Gasteiger partial charge on any atom is -0.309 e. The minimum atomic E-state index is 0.648. The Morgan fingerprint density at radius 2 is 2.43 bits per heavy atom. The Labute approximate surface area is 102 Å². The Bertz CT molecular complexity index is 302. The Kier molecular flexibility index (Phi) is 3.53. The van der Waals surface area contributed by atoms with Crippen LogP contribution in [0.4, 0.5) is 0 Å². The standard InChI is InChI=1S/C10H13BrClNS/c1-6(7-2-3-7)13-5-8-4-9(11)10(12)14-8/h4,6-7,13H,2-3,5H2,1H3. The minimum absolute atomic E-state index is 0.648. The van der Waals surface area contributed by atoms with Gasteiger partial charge in [0.2, 0.25) is 0 Å². The smallest absolute Gasteiger partial charge is 0.107 e. The van der Waals surface area contributed by atoms with Crippen LogP contribution in [0.3, 0.4) is 0 Å². The van der Waals surface area contributed by atoms with Gasteiger partial charge in [0.25, 0.3) is 0 Å². The average molecular weight is 295 g/mol. The van der Waals surface area contributed by atoms with Crippen LogP contribution in [-0.4, -0.2) is 6.04 Å². The molecule has 0 spiro atoms. The summed E-state index contributed by atoms with van der Waals surface area (Å²) in [5, 5.41) is 3.53. The topological polar surface area (TPSA) is 12.0 Å². The van der Waals surface area contributed by atoms with Gasteiger partial charge in [-0.1, -0.05) is 11.6 Å². The maximum atomic E-state index is 5.96. The maximum absolute atomic E-state index is 5.96. The molecule has 1 aliphatic carbocycles. The molecule has 1 saturated carbocycles. The summed E-state index contributed by atoms with van der Waals surface area (Å²) in [6.07, 6.45) is 2.78. The van der Waals surface area contributed by atoms with Crippen molar-refractivity contribution in [3.05, 3.63) is 19.8 Å². The van der Waals surface area contributed by atoms with E-state index in [1.54, 1.807) is 11.3 Å². The average Bonchev–Trinajstić information content (AvgIpc) is 2.92. The molecule has 0 radical (unpaired) electrons. The van der Waals surface area contributed by atoms with Crippen LogP contribution < -0.4 is 5.32 Å². The quantitative estimate of drug-likeness (QED) is 0.883. The molecule has 0 amide bonds. The highest BCUT2D eigenvalue weighted by Crippen LogP contribution is 2.34. The summed E-state index contributed by atoms with van der Waals surface area (Å²) >= 11 is 11.0. The van der Waals surface area contributed by atoms with Gasteiger partial charge in [-0.3, -0.25) is 0 Å². The van der Waals surface area contributed by atoms with Crippen LogP contribution in [0.1, 0.15) is 24.6 Å². The van der Waals surface area contributed by atoms with Crippen LogP contribution in [0.15, 0.2) is 10.5 Å². The molecule has 0 saturated heterocycles. The van der Waals surface area contributed by atoms with Gasteiger partial charge in [0.1, 0.15) is 4.34 Å². The molecule has 1 heterocycles. The molecule has 1 fully saturated rings. The van der Waals surface area contributed by atoms with Gasteiger partial charge in [-0.05, 0) is 47.7 Å². The number of hydrogen-bond donors (Lipinski definition) is 1. The molecule has 78 valence electrons. The monoisotopic (exact) mass is 293 g/mol. The fourth-order valence-electron chi connectivity index (χ4n) is 1.50. The zero-order valence-corrected chi connectivity index (χ0v) is 11.2. The first-order chi connectivity index (χ1) is 6.66. The zero-order valence-electron chi connectivity index (χ0n) is 8.02. The third-order valence-corrected chi connectivity index (χ3v) is 5.10. The summed E-state index contributed by atoms with van der Waals surface area (Å²) in [7, 11) is 0. The van der Waals surface area contributed by atoms with Gasteiger partial charge in [0.05, 0.1) is 0 Å². The van der Waals surface area contributed by atoms with Crippen molar-refractivity contribution in [3.63, 3.8) is 0 Å². The molecule has 1 nitrogen and oxygen atoms in total. The van der Waals surface area contributed by atoms with E-state index in [9.17, 15) is 0 Å². The molecular formula is C10H13BrClNS. The molecule has 0 aromatic carbocycles. The van der Waals surface area contributed by atoms with E-state index in [1.165, 1.54) is 17.7 Å². The van der Waals surface area contributed by atoms with Gasteiger partial charge >= 0.3 is 0 Å². The predicted octanol–water partition coefficient (Wildman–Crippen LogP) is 4.05. The van der Waals surface area contributed by atoms with Crippen molar-refractivity contribution in [1.29, 1.82) is 0 Å². The molecule has 4 heteroatoms. The molecule has 1 atom stereocenters. The molecule has 1 aromatic rings. The Morgan fingerprint density at radius 1 is 1.71 bits per heavy atom. The first-order valence-electron chi connectivity index (χ1n) is 4.84. The van der Waals surface area contributed by atoms with Crippen molar-refractivity contribution in [3.8, 4) is 0 Å². The lowest BCUT2D eigenvalue weighted by Gasteiger charge is -2.10. The van der Waals surface area contributed by atoms with Crippen LogP contribution in [0.5, 0.6) is 0 Å². The Balaban J connectivity index is 1.84. The largest absolute Gasteiger partial charge is 0.309 e. The molecule has 0 bridgehead atoms. The molecule has 1 N–H and O–H groups in total. The van der Waals surface area contributed by atoms with E-state index in [4.69, 9.17) is 11.6 Å². The van der Waals surface area contributed by atoms with Crippen molar-refractivity contribution in [2.24, 2.45) is 5.92 Å². The van der Waals surface area contributed by atoms with Crippen LogP contribution in [0.2, 0.25) is 4.34 Å². The van der Waals surface area contributed by atoms with E-state index in [1.807, 2.05) is 0 Å². The summed E-state index contributed by atoms with van der Waals surface area (Å²) in [6.45, 7) is 3.20. The van der Waals surface area contributed by atoms with E-state index in [0.29, 0.717) is 6.04 Å². The van der Waals surface area contributed by atoms with Gasteiger partial charge in [-0.2, -0.15) is 0 Å². The summed E-state index contributed by atoms with van der Waals surface area (Å²) in [4.78, 5) is 1.30. The SMILES string of the molecule is CC(NCc1cc(Br)c(Cl)s1)C1CC1. The number of halogens is 2. The lowest BCUT2D eigenvalue weighted by molar-refractivity contribution is 0.499. The van der Waals surface area contributed by atoms with E-state index in [0.717, 1.165) is 21.3 Å². The molecule has 1 aliphatic rings. The van der Waals surface area contributed by atoms with Crippen molar-refractivity contribution in [2.45, 2.75) is 32.4 Å². The lowest BCUT2D eigenvalue weighted by Crippen LogP contribution is -2.26. The molecule has 14 heavy (non-hydrogen) atoms. The van der Waals surface area contributed by atoms with E-state index >= 15 is 0 Å². The van der Waals surface area contributed by atoms with Crippen LogP contribution in [0, 0.1) is 5.92 Å². The summed E-state index contributed by atoms with van der Waals surface area (Å²) < 4.78 is 1.86. The summed E-state index contributed by atoms with van der Waals surface area (Å²) in [5.41, 5.74) is 0. The maximum Gasteiger partial charge on any atom is 0.107 e. The van der Waals surface area contributed by atoms with Gasteiger partial charge in [0.15, 0.2) is 0 Å². The Hall–Kier alpha value is 0.430. The third-order valence-electron chi connectivity index (χ3n) is 2.62. The summed E-state index contributed by atoms with van der Waals surface area (Å²) in [5.74, 6) is 0.911. The van der Waals surface area contributed by atoms with Crippen molar-refractivity contribution in [2.75, 3.05) is 0 Å². The normalized spacial score (nSPS) is 18.5. The molecule has 1 aromatic heterocycles. The second-order valence-corrected chi connectivity index (χ2v) is 6.43. The van der Waals surface area contributed by atoms with Gasteiger partial charge < -0.3 is 5.32 Å². The molecular weight excluding hydrogens is 282 g/mol. The third kappa shape index (κ3) is 2.72. The zero-order chi connectivity index (χ0) is 10.1. The number of hydrogen-bond acceptors (Lipinski definition) is 2. The second kappa shape index (κ2) is 4.52. The number of nitrogens with one attached hydrogen (secondary N) is 1. The van der Waals surface area contributed by atoms with Crippen LogP contribution in [-0.2, 0) is 6.54 Å². The van der Waals surface area contributed by atoms with Crippen LogP contribution >= 0.6 is 38.9 Å². The van der Waals surface area contributed by atoms with E-state index in [-0.39, 0.29) is 0 Å².